The fourth-order valence-electron chi connectivity index (χ4n) is 3.71. The van der Waals surface area contributed by atoms with Gasteiger partial charge in [-0.2, -0.15) is 0 Å². The topological polar surface area (TPSA) is 61.8 Å². The molecule has 132 valence electrons. The minimum absolute atomic E-state index is 0.117. The fourth-order valence-corrected chi connectivity index (χ4v) is 3.71. The molecule has 0 fully saturated rings. The van der Waals surface area contributed by atoms with E-state index in [4.69, 9.17) is 14.2 Å². The Kier molecular flexibility index (Phi) is 4.88. The van der Waals surface area contributed by atoms with Crippen LogP contribution in [0.25, 0.3) is 0 Å². The first-order valence-electron chi connectivity index (χ1n) is 8.27. The summed E-state index contributed by atoms with van der Waals surface area (Å²) in [5, 5.41) is 0. The van der Waals surface area contributed by atoms with Gasteiger partial charge in [0, 0.05) is 29.7 Å². The largest absolute Gasteiger partial charge is 0.496 e. The van der Waals surface area contributed by atoms with Crippen LogP contribution >= 0.6 is 0 Å². The van der Waals surface area contributed by atoms with Crippen molar-refractivity contribution in [3.63, 3.8) is 0 Å². The van der Waals surface area contributed by atoms with Crippen LogP contribution in [0.3, 0.4) is 0 Å². The predicted molar refractivity (Wildman–Crippen MR) is 93.0 cm³/mol. The quantitative estimate of drug-likeness (QED) is 0.607. The van der Waals surface area contributed by atoms with Crippen LogP contribution in [0.1, 0.15) is 41.0 Å². The molecule has 0 amide bonds. The number of hydrogen-bond acceptors (Lipinski definition) is 5. The lowest BCUT2D eigenvalue weighted by Gasteiger charge is -2.34. The van der Waals surface area contributed by atoms with Crippen LogP contribution in [-0.4, -0.2) is 38.7 Å². The van der Waals surface area contributed by atoms with Crippen LogP contribution in [0, 0.1) is 5.92 Å². The van der Waals surface area contributed by atoms with Gasteiger partial charge >= 0.3 is 0 Å². The predicted octanol–water partition coefficient (Wildman–Crippen LogP) is 3.35. The molecule has 0 spiro atoms. The molecule has 1 aromatic rings. The van der Waals surface area contributed by atoms with Gasteiger partial charge in [0.05, 0.1) is 18.8 Å². The molecular weight excluding hydrogens is 320 g/mol. The Labute approximate surface area is 147 Å². The van der Waals surface area contributed by atoms with Gasteiger partial charge in [-0.05, 0) is 26.3 Å². The van der Waals surface area contributed by atoms with Gasteiger partial charge in [0.1, 0.15) is 12.5 Å². The standard InChI is InChI=1S/C20H22O5/c1-11-8-9-14-18(16(11)12(2)25-10-23-3)20(22)13-6-5-7-15(24-4)17(13)19(14)21/h5-8,12,16H,9-10H2,1-4H3. The molecule has 0 aromatic heterocycles. The molecule has 2 aliphatic rings. The van der Waals surface area contributed by atoms with Crippen molar-refractivity contribution in [2.24, 2.45) is 5.92 Å². The van der Waals surface area contributed by atoms with Crippen LogP contribution < -0.4 is 4.74 Å². The maximum absolute atomic E-state index is 13.2. The van der Waals surface area contributed by atoms with Gasteiger partial charge in [-0.15, -0.1) is 0 Å². The third-order valence-electron chi connectivity index (χ3n) is 4.91. The van der Waals surface area contributed by atoms with Crippen LogP contribution in [0.15, 0.2) is 41.0 Å². The number of fused-ring (bicyclic) bond motifs is 1. The van der Waals surface area contributed by atoms with Gasteiger partial charge in [-0.1, -0.05) is 23.8 Å². The Morgan fingerprint density at radius 3 is 2.64 bits per heavy atom. The molecule has 1 aromatic carbocycles. The van der Waals surface area contributed by atoms with Crippen LogP contribution in [-0.2, 0) is 9.47 Å². The first kappa shape index (κ1) is 17.6. The number of Topliss-reactive ketones (excluding diaryl/α,β-unsaturated/α-hetero) is 2. The van der Waals surface area contributed by atoms with Crippen molar-refractivity contribution in [3.8, 4) is 5.75 Å². The van der Waals surface area contributed by atoms with Crippen LogP contribution in [0.5, 0.6) is 5.75 Å². The highest BCUT2D eigenvalue weighted by atomic mass is 16.7. The van der Waals surface area contributed by atoms with E-state index in [2.05, 4.69) is 0 Å². The summed E-state index contributed by atoms with van der Waals surface area (Å²) in [6.45, 7) is 4.01. The number of rotatable bonds is 5. The molecular formula is C20H22O5. The zero-order valence-electron chi connectivity index (χ0n) is 14.9. The SMILES string of the molecule is COCOC(C)C1C(C)=CCC2=C1C(=O)c1cccc(OC)c1C2=O. The number of methoxy groups -OCH3 is 2. The number of allylic oxidation sites excluding steroid dienone is 2. The molecule has 0 saturated carbocycles. The minimum Gasteiger partial charge on any atom is -0.496 e. The summed E-state index contributed by atoms with van der Waals surface area (Å²) in [5.74, 6) is -0.0628. The molecule has 2 unspecified atom stereocenters. The summed E-state index contributed by atoms with van der Waals surface area (Å²) in [6, 6.07) is 5.13. The van der Waals surface area contributed by atoms with Crippen molar-refractivity contribution < 1.29 is 23.8 Å². The lowest BCUT2D eigenvalue weighted by molar-refractivity contribution is -0.0750. The summed E-state index contributed by atoms with van der Waals surface area (Å²) in [7, 11) is 3.06. The Balaban J connectivity index is 2.10. The van der Waals surface area contributed by atoms with Crippen LogP contribution in [0.2, 0.25) is 0 Å². The Morgan fingerprint density at radius 1 is 1.20 bits per heavy atom. The van der Waals surface area contributed by atoms with E-state index < -0.39 is 0 Å². The molecule has 2 aliphatic carbocycles. The zero-order valence-corrected chi connectivity index (χ0v) is 14.9. The van der Waals surface area contributed by atoms with E-state index in [0.29, 0.717) is 34.4 Å². The van der Waals surface area contributed by atoms with E-state index in [9.17, 15) is 9.59 Å². The molecule has 5 nitrogen and oxygen atoms in total. The molecule has 2 atom stereocenters. The molecule has 0 saturated heterocycles. The molecule has 3 rings (SSSR count). The summed E-state index contributed by atoms with van der Waals surface area (Å²) in [4.78, 5) is 26.3. The molecule has 0 heterocycles. The van der Waals surface area contributed by atoms with Crippen molar-refractivity contribution in [3.05, 3.63) is 52.1 Å². The zero-order chi connectivity index (χ0) is 18.1. The molecule has 0 N–H and O–H groups in total. The van der Waals surface area contributed by atoms with Crippen LogP contribution in [0.4, 0.5) is 0 Å². The average Bonchev–Trinajstić information content (AvgIpc) is 2.63. The van der Waals surface area contributed by atoms with Gasteiger partial charge in [0.2, 0.25) is 0 Å². The number of carbonyl (C=O) groups is 2. The monoisotopic (exact) mass is 342 g/mol. The molecule has 25 heavy (non-hydrogen) atoms. The highest BCUT2D eigenvalue weighted by molar-refractivity contribution is 6.28. The minimum atomic E-state index is -0.273. The second kappa shape index (κ2) is 6.94. The summed E-state index contributed by atoms with van der Waals surface area (Å²) >= 11 is 0. The van der Waals surface area contributed by atoms with Crippen molar-refractivity contribution in [1.29, 1.82) is 0 Å². The summed E-state index contributed by atoms with van der Waals surface area (Å²) < 4.78 is 16.0. The summed E-state index contributed by atoms with van der Waals surface area (Å²) in [5.41, 5.74) is 2.90. The van der Waals surface area contributed by atoms with Gasteiger partial charge in [0.15, 0.2) is 11.6 Å². The van der Waals surface area contributed by atoms with Gasteiger partial charge < -0.3 is 14.2 Å². The normalized spacial score (nSPS) is 20.8. The van der Waals surface area contributed by atoms with E-state index in [1.807, 2.05) is 19.9 Å². The van der Waals surface area contributed by atoms with Gasteiger partial charge in [-0.25, -0.2) is 0 Å². The molecule has 0 radical (unpaired) electrons. The van der Waals surface area contributed by atoms with Crippen molar-refractivity contribution in [2.75, 3.05) is 21.0 Å². The Hall–Kier alpha value is -2.24. The second-order valence-corrected chi connectivity index (χ2v) is 6.34. The van der Waals surface area contributed by atoms with Crippen molar-refractivity contribution in [1.82, 2.24) is 0 Å². The van der Waals surface area contributed by atoms with E-state index in [-0.39, 0.29) is 30.4 Å². The second-order valence-electron chi connectivity index (χ2n) is 6.34. The van der Waals surface area contributed by atoms with Crippen molar-refractivity contribution >= 4 is 11.6 Å². The maximum Gasteiger partial charge on any atom is 0.194 e. The van der Waals surface area contributed by atoms with E-state index in [1.165, 1.54) is 7.11 Å². The highest BCUT2D eigenvalue weighted by Gasteiger charge is 2.41. The van der Waals surface area contributed by atoms with Gasteiger partial charge in [-0.3, -0.25) is 9.59 Å². The maximum atomic E-state index is 13.2. The Bertz CT molecular complexity index is 787. The van der Waals surface area contributed by atoms with Crippen molar-refractivity contribution in [2.45, 2.75) is 26.4 Å². The highest BCUT2D eigenvalue weighted by Crippen LogP contribution is 2.42. The van der Waals surface area contributed by atoms with Gasteiger partial charge in [0.25, 0.3) is 0 Å². The lowest BCUT2D eigenvalue weighted by atomic mass is 9.71. The number of carbonyl (C=O) groups excluding carboxylic acids is 2. The first-order valence-corrected chi connectivity index (χ1v) is 8.27. The molecule has 0 bridgehead atoms. The number of ether oxygens (including phenoxy) is 3. The number of ketones is 2. The summed E-state index contributed by atoms with van der Waals surface area (Å²) in [6.07, 6.45) is 2.18. The fraction of sp³-hybridized carbons (Fsp3) is 0.400. The lowest BCUT2D eigenvalue weighted by Crippen LogP contribution is -2.35. The molecule has 0 aliphatic heterocycles. The number of benzene rings is 1. The molecule has 5 heteroatoms. The van der Waals surface area contributed by atoms with E-state index >= 15 is 0 Å². The third-order valence-corrected chi connectivity index (χ3v) is 4.91. The average molecular weight is 342 g/mol. The third kappa shape index (κ3) is 2.83. The Morgan fingerprint density at radius 2 is 1.96 bits per heavy atom. The van der Waals surface area contributed by atoms with E-state index in [1.54, 1.807) is 25.3 Å². The smallest absolute Gasteiger partial charge is 0.194 e. The van der Waals surface area contributed by atoms with E-state index in [0.717, 1.165) is 5.57 Å². The number of hydrogen-bond donors (Lipinski definition) is 0. The first-order chi connectivity index (χ1) is 12.0.